The van der Waals surface area contributed by atoms with Crippen LogP contribution in [-0.2, 0) is 0 Å². The van der Waals surface area contributed by atoms with Crippen molar-refractivity contribution in [2.75, 3.05) is 5.32 Å². The standard InChI is InChI=1S/C11H5Br3FN3O/c12-7-8(13)17-10(9(14)16-7)18-11(19)5-2-1-3-6(15)4-5/h1-4H,(H,17,18,19). The smallest absolute Gasteiger partial charge is 0.256 e. The van der Waals surface area contributed by atoms with Crippen molar-refractivity contribution in [1.29, 1.82) is 0 Å². The van der Waals surface area contributed by atoms with Gasteiger partial charge in [-0.05, 0) is 66.0 Å². The predicted octanol–water partition coefficient (Wildman–Crippen LogP) is 4.16. The van der Waals surface area contributed by atoms with Gasteiger partial charge < -0.3 is 5.32 Å². The summed E-state index contributed by atoms with van der Waals surface area (Å²) in [6.45, 7) is 0. The number of carbonyl (C=O) groups excluding carboxylic acids is 1. The van der Waals surface area contributed by atoms with Gasteiger partial charge in [0.2, 0.25) is 0 Å². The number of hydrogen-bond acceptors (Lipinski definition) is 3. The Hall–Kier alpha value is -0.860. The summed E-state index contributed by atoms with van der Waals surface area (Å²) in [4.78, 5) is 20.1. The fourth-order valence-electron chi connectivity index (χ4n) is 1.26. The number of benzene rings is 1. The normalized spacial score (nSPS) is 10.3. The van der Waals surface area contributed by atoms with Crippen LogP contribution in [0.15, 0.2) is 38.1 Å². The Kier molecular flexibility index (Phi) is 4.64. The predicted molar refractivity (Wildman–Crippen MR) is 79.5 cm³/mol. The molecule has 0 aliphatic heterocycles. The van der Waals surface area contributed by atoms with Crippen LogP contribution in [0.5, 0.6) is 0 Å². The first-order valence-corrected chi connectivity index (χ1v) is 7.30. The van der Waals surface area contributed by atoms with E-state index in [4.69, 9.17) is 0 Å². The van der Waals surface area contributed by atoms with E-state index in [0.717, 1.165) is 6.07 Å². The minimum Gasteiger partial charge on any atom is -0.304 e. The van der Waals surface area contributed by atoms with E-state index in [9.17, 15) is 9.18 Å². The third-order valence-corrected chi connectivity index (χ3v) is 4.28. The summed E-state index contributed by atoms with van der Waals surface area (Å²) in [5, 5.41) is 2.54. The molecular formula is C11H5Br3FN3O. The molecule has 1 heterocycles. The zero-order valence-electron chi connectivity index (χ0n) is 9.12. The molecule has 0 saturated carbocycles. The maximum atomic E-state index is 13.0. The lowest BCUT2D eigenvalue weighted by atomic mass is 10.2. The molecule has 0 radical (unpaired) electrons. The Morgan fingerprint density at radius 3 is 2.47 bits per heavy atom. The molecule has 0 unspecified atom stereocenters. The van der Waals surface area contributed by atoms with E-state index in [0.29, 0.717) is 13.8 Å². The van der Waals surface area contributed by atoms with Gasteiger partial charge in [-0.15, -0.1) is 0 Å². The molecule has 1 aromatic carbocycles. The van der Waals surface area contributed by atoms with Crippen LogP contribution in [0.4, 0.5) is 10.2 Å². The molecule has 0 bridgehead atoms. The number of nitrogens with one attached hydrogen (secondary N) is 1. The second kappa shape index (κ2) is 6.06. The number of aromatic nitrogens is 2. The van der Waals surface area contributed by atoms with Gasteiger partial charge in [-0.25, -0.2) is 14.4 Å². The summed E-state index contributed by atoms with van der Waals surface area (Å²) in [6.07, 6.45) is 0. The molecule has 0 fully saturated rings. The van der Waals surface area contributed by atoms with Gasteiger partial charge in [-0.3, -0.25) is 4.79 Å². The molecule has 0 aliphatic rings. The van der Waals surface area contributed by atoms with Crippen molar-refractivity contribution >= 4 is 59.5 Å². The largest absolute Gasteiger partial charge is 0.304 e. The van der Waals surface area contributed by atoms with Crippen molar-refractivity contribution in [1.82, 2.24) is 9.97 Å². The summed E-state index contributed by atoms with van der Waals surface area (Å²) in [5.74, 6) is -0.706. The zero-order chi connectivity index (χ0) is 14.0. The van der Waals surface area contributed by atoms with Crippen LogP contribution in [0.1, 0.15) is 10.4 Å². The summed E-state index contributed by atoms with van der Waals surface area (Å²) in [6, 6.07) is 5.38. The lowest BCUT2D eigenvalue weighted by molar-refractivity contribution is 0.102. The minimum absolute atomic E-state index is 0.202. The molecule has 19 heavy (non-hydrogen) atoms. The molecule has 1 amide bonds. The zero-order valence-corrected chi connectivity index (χ0v) is 13.9. The molecule has 1 N–H and O–H groups in total. The van der Waals surface area contributed by atoms with Crippen LogP contribution < -0.4 is 5.32 Å². The first kappa shape index (κ1) is 14.5. The Bertz CT molecular complexity index is 651. The van der Waals surface area contributed by atoms with Gasteiger partial charge in [0, 0.05) is 5.56 Å². The third kappa shape index (κ3) is 3.58. The van der Waals surface area contributed by atoms with Gasteiger partial charge in [0.05, 0.1) is 0 Å². The molecule has 2 rings (SSSR count). The molecule has 1 aromatic heterocycles. The minimum atomic E-state index is -0.477. The molecule has 4 nitrogen and oxygen atoms in total. The highest BCUT2D eigenvalue weighted by molar-refractivity contribution is 9.13. The van der Waals surface area contributed by atoms with Crippen molar-refractivity contribution in [3.05, 3.63) is 49.5 Å². The van der Waals surface area contributed by atoms with E-state index in [1.807, 2.05) is 0 Å². The van der Waals surface area contributed by atoms with E-state index in [-0.39, 0.29) is 11.4 Å². The van der Waals surface area contributed by atoms with Crippen molar-refractivity contribution < 1.29 is 9.18 Å². The lowest BCUT2D eigenvalue weighted by Gasteiger charge is -2.07. The Morgan fingerprint density at radius 1 is 1.11 bits per heavy atom. The van der Waals surface area contributed by atoms with Gasteiger partial charge >= 0.3 is 0 Å². The average Bonchev–Trinajstić information content (AvgIpc) is 2.36. The fraction of sp³-hybridized carbons (Fsp3) is 0. The molecular weight excluding hydrogens is 449 g/mol. The van der Waals surface area contributed by atoms with Crippen molar-refractivity contribution in [3.63, 3.8) is 0 Å². The van der Waals surface area contributed by atoms with Crippen molar-refractivity contribution in [2.24, 2.45) is 0 Å². The highest BCUT2D eigenvalue weighted by Gasteiger charge is 2.13. The van der Waals surface area contributed by atoms with Gasteiger partial charge in [0.15, 0.2) is 5.82 Å². The van der Waals surface area contributed by atoms with Gasteiger partial charge in [0.25, 0.3) is 5.91 Å². The number of nitrogens with zero attached hydrogens (tertiary/aromatic N) is 2. The SMILES string of the molecule is O=C(Nc1nc(Br)c(Br)nc1Br)c1cccc(F)c1. The number of rotatable bonds is 2. The van der Waals surface area contributed by atoms with Crippen LogP contribution in [0.25, 0.3) is 0 Å². The van der Waals surface area contributed by atoms with Crippen LogP contribution in [0.3, 0.4) is 0 Å². The van der Waals surface area contributed by atoms with Crippen molar-refractivity contribution in [3.8, 4) is 0 Å². The summed E-state index contributed by atoms with van der Waals surface area (Å²) >= 11 is 9.56. The second-order valence-electron chi connectivity index (χ2n) is 3.41. The van der Waals surface area contributed by atoms with Gasteiger partial charge in [0.1, 0.15) is 19.6 Å². The number of anilines is 1. The van der Waals surface area contributed by atoms with Crippen LogP contribution in [0.2, 0.25) is 0 Å². The molecule has 0 aliphatic carbocycles. The molecule has 0 atom stereocenters. The highest BCUT2D eigenvalue weighted by atomic mass is 79.9. The average molecular weight is 454 g/mol. The van der Waals surface area contributed by atoms with Crippen LogP contribution in [0, 0.1) is 5.82 Å². The fourth-order valence-corrected chi connectivity index (χ4v) is 2.40. The summed E-state index contributed by atoms with van der Waals surface area (Å²) in [5.41, 5.74) is 0.202. The molecule has 8 heteroatoms. The maximum Gasteiger partial charge on any atom is 0.256 e. The Morgan fingerprint density at radius 2 is 1.79 bits per heavy atom. The summed E-state index contributed by atoms with van der Waals surface area (Å²) < 4.78 is 14.4. The third-order valence-electron chi connectivity index (χ3n) is 2.09. The number of amides is 1. The van der Waals surface area contributed by atoms with E-state index in [2.05, 4.69) is 63.1 Å². The quantitative estimate of drug-likeness (QED) is 0.743. The maximum absolute atomic E-state index is 13.0. The summed E-state index contributed by atoms with van der Waals surface area (Å²) in [7, 11) is 0. The number of carbonyl (C=O) groups is 1. The van der Waals surface area contributed by atoms with E-state index < -0.39 is 11.7 Å². The lowest BCUT2D eigenvalue weighted by Crippen LogP contribution is -2.14. The number of halogens is 4. The second-order valence-corrected chi connectivity index (χ2v) is 5.66. The topological polar surface area (TPSA) is 54.9 Å². The molecule has 98 valence electrons. The van der Waals surface area contributed by atoms with Crippen LogP contribution >= 0.6 is 47.8 Å². The molecule has 2 aromatic rings. The molecule has 0 saturated heterocycles. The van der Waals surface area contributed by atoms with Crippen LogP contribution in [-0.4, -0.2) is 15.9 Å². The van der Waals surface area contributed by atoms with Gasteiger partial charge in [-0.2, -0.15) is 0 Å². The van der Waals surface area contributed by atoms with E-state index >= 15 is 0 Å². The number of hydrogen-bond donors (Lipinski definition) is 1. The molecule has 0 spiro atoms. The van der Waals surface area contributed by atoms with E-state index in [1.165, 1.54) is 18.2 Å². The van der Waals surface area contributed by atoms with Gasteiger partial charge in [-0.1, -0.05) is 6.07 Å². The highest BCUT2D eigenvalue weighted by Crippen LogP contribution is 2.26. The Labute approximate surface area is 133 Å². The first-order chi connectivity index (χ1) is 8.97. The van der Waals surface area contributed by atoms with Crippen molar-refractivity contribution in [2.45, 2.75) is 0 Å². The van der Waals surface area contributed by atoms with E-state index in [1.54, 1.807) is 0 Å². The monoisotopic (exact) mass is 451 g/mol. The Balaban J connectivity index is 2.27. The first-order valence-electron chi connectivity index (χ1n) is 4.93.